The number of allylic oxidation sites excluding steroid dienone is 1. The molecule has 1 saturated heterocycles. The van der Waals surface area contributed by atoms with Gasteiger partial charge in [-0.3, -0.25) is 14.4 Å². The molecule has 3 amide bonds. The molecule has 2 aromatic rings. The third-order valence-corrected chi connectivity index (χ3v) is 7.62. The Hall–Kier alpha value is -3.27. The molecule has 0 radical (unpaired) electrons. The Kier molecular flexibility index (Phi) is 7.73. The molecule has 0 spiro atoms. The Labute approximate surface area is 211 Å². The average Bonchev–Trinajstić information content (AvgIpc) is 3.41. The van der Waals surface area contributed by atoms with E-state index in [0.29, 0.717) is 0 Å². The lowest BCUT2D eigenvalue weighted by Gasteiger charge is -2.35. The van der Waals surface area contributed by atoms with Gasteiger partial charge in [0, 0.05) is 13.0 Å². The van der Waals surface area contributed by atoms with Gasteiger partial charge in [-0.25, -0.2) is 4.68 Å². The molecule has 1 aliphatic heterocycles. The Morgan fingerprint density at radius 3 is 2.58 bits per heavy atom. The second-order valence-electron chi connectivity index (χ2n) is 10.0. The highest BCUT2D eigenvalue weighted by Gasteiger charge is 2.58. The Balaban J connectivity index is 1.68. The van der Waals surface area contributed by atoms with E-state index in [4.69, 9.17) is 0 Å². The molecule has 0 saturated carbocycles. The zero-order valence-corrected chi connectivity index (χ0v) is 21.3. The van der Waals surface area contributed by atoms with Gasteiger partial charge in [-0.2, -0.15) is 0 Å². The highest BCUT2D eigenvalue weighted by atomic mass is 16.3. The fourth-order valence-electron chi connectivity index (χ4n) is 5.85. The van der Waals surface area contributed by atoms with Crippen molar-refractivity contribution in [2.45, 2.75) is 52.4 Å². The van der Waals surface area contributed by atoms with Crippen LogP contribution in [0.25, 0.3) is 11.0 Å². The topological polar surface area (TPSA) is 129 Å². The summed E-state index contributed by atoms with van der Waals surface area (Å²) in [5.41, 5.74) is 1.50. The Morgan fingerprint density at radius 2 is 1.92 bits per heavy atom. The van der Waals surface area contributed by atoms with Crippen LogP contribution in [-0.2, 0) is 21.1 Å². The molecule has 1 fully saturated rings. The fourth-order valence-corrected chi connectivity index (χ4v) is 5.85. The zero-order chi connectivity index (χ0) is 26.0. The molecule has 6 atom stereocenters. The lowest BCUT2D eigenvalue weighted by atomic mass is 9.68. The summed E-state index contributed by atoms with van der Waals surface area (Å²) in [4.78, 5) is 42.2. The molecule has 10 nitrogen and oxygen atoms in total. The van der Waals surface area contributed by atoms with Crippen molar-refractivity contribution in [2.24, 2.45) is 29.6 Å². The number of likely N-dealkylation sites (tertiary alicyclic amines) is 1. The number of nitrogens with one attached hydrogen (secondary N) is 2. The van der Waals surface area contributed by atoms with E-state index in [1.165, 1.54) is 4.90 Å². The summed E-state index contributed by atoms with van der Waals surface area (Å²) in [5, 5.41) is 24.1. The molecule has 36 heavy (non-hydrogen) atoms. The number of aromatic nitrogens is 3. The minimum absolute atomic E-state index is 0.0810. The van der Waals surface area contributed by atoms with E-state index in [-0.39, 0.29) is 42.8 Å². The third kappa shape index (κ3) is 4.50. The van der Waals surface area contributed by atoms with Gasteiger partial charge in [-0.05, 0) is 30.4 Å². The van der Waals surface area contributed by atoms with Crippen LogP contribution in [0, 0.1) is 29.6 Å². The maximum atomic E-state index is 13.9. The minimum Gasteiger partial charge on any atom is -0.394 e. The van der Waals surface area contributed by atoms with Crippen LogP contribution < -0.4 is 10.6 Å². The number of hydrogen-bond donors (Lipinski definition) is 3. The molecule has 194 valence electrons. The monoisotopic (exact) mass is 496 g/mol. The average molecular weight is 497 g/mol. The SMILES string of the molecule is CCC[C@@H]1C=C[C@H]2[C@@H](C(=O)N([C@@H](CO)C(C)C)[C@@H]2C(=O)NCn2nnc3ccccc32)[C@@H]1C(=O)NC. The smallest absolute Gasteiger partial charge is 0.244 e. The lowest BCUT2D eigenvalue weighted by molar-refractivity contribution is -0.144. The van der Waals surface area contributed by atoms with E-state index in [2.05, 4.69) is 20.9 Å². The van der Waals surface area contributed by atoms with E-state index >= 15 is 0 Å². The zero-order valence-electron chi connectivity index (χ0n) is 21.3. The van der Waals surface area contributed by atoms with Gasteiger partial charge < -0.3 is 20.6 Å². The summed E-state index contributed by atoms with van der Waals surface area (Å²) in [5.74, 6) is -2.67. The number of fused-ring (bicyclic) bond motifs is 2. The second-order valence-corrected chi connectivity index (χ2v) is 10.0. The number of rotatable bonds is 9. The van der Waals surface area contributed by atoms with Gasteiger partial charge in [-0.1, -0.05) is 56.7 Å². The van der Waals surface area contributed by atoms with Crippen molar-refractivity contribution in [2.75, 3.05) is 13.7 Å². The standard InChI is InChI=1S/C26H36N6O4/c1-5-8-16-11-12-17-22(21(16)24(34)27-4)26(36)32(20(13-33)15(2)3)23(17)25(35)28-14-31-19-10-7-6-9-18(19)29-30-31/h6-7,9-12,15-17,20-23,33H,5,8,13-14H2,1-4H3,(H,27,34)(H,28,35)/t16-,17+,20+,21-,22-,23+/m1/s1. The molecule has 2 aliphatic rings. The van der Waals surface area contributed by atoms with Crippen LogP contribution >= 0.6 is 0 Å². The van der Waals surface area contributed by atoms with Crippen LogP contribution in [0.1, 0.15) is 33.6 Å². The normalized spacial score (nSPS) is 26.3. The molecule has 0 bridgehead atoms. The second kappa shape index (κ2) is 10.8. The van der Waals surface area contributed by atoms with Crippen molar-refractivity contribution >= 4 is 28.8 Å². The van der Waals surface area contributed by atoms with Crippen LogP contribution in [0.5, 0.6) is 0 Å². The molecule has 1 aromatic carbocycles. The quantitative estimate of drug-likeness (QED) is 0.449. The van der Waals surface area contributed by atoms with Gasteiger partial charge in [0.25, 0.3) is 0 Å². The summed E-state index contributed by atoms with van der Waals surface area (Å²) in [6.45, 7) is 5.69. The van der Waals surface area contributed by atoms with Crippen LogP contribution in [0.3, 0.4) is 0 Å². The van der Waals surface area contributed by atoms with Crippen LogP contribution in [0.4, 0.5) is 0 Å². The number of aliphatic hydroxyl groups is 1. The first-order valence-electron chi connectivity index (χ1n) is 12.7. The minimum atomic E-state index is -0.845. The number of benzene rings is 1. The van der Waals surface area contributed by atoms with Gasteiger partial charge in [0.15, 0.2) is 0 Å². The van der Waals surface area contributed by atoms with Gasteiger partial charge >= 0.3 is 0 Å². The summed E-state index contributed by atoms with van der Waals surface area (Å²) in [6, 6.07) is 6.06. The number of amides is 3. The summed E-state index contributed by atoms with van der Waals surface area (Å²) in [6.07, 6.45) is 5.58. The van der Waals surface area contributed by atoms with E-state index < -0.39 is 29.8 Å². The van der Waals surface area contributed by atoms with Gasteiger partial charge in [0.1, 0.15) is 18.2 Å². The molecular weight excluding hydrogens is 460 g/mol. The third-order valence-electron chi connectivity index (χ3n) is 7.62. The largest absolute Gasteiger partial charge is 0.394 e. The highest BCUT2D eigenvalue weighted by Crippen LogP contribution is 2.46. The Bertz CT molecular complexity index is 1140. The van der Waals surface area contributed by atoms with Gasteiger partial charge in [-0.15, -0.1) is 5.10 Å². The van der Waals surface area contributed by atoms with Crippen LogP contribution in [-0.4, -0.2) is 68.5 Å². The first-order valence-corrected chi connectivity index (χ1v) is 12.7. The predicted molar refractivity (Wildman–Crippen MR) is 134 cm³/mol. The molecule has 1 aliphatic carbocycles. The predicted octanol–water partition coefficient (Wildman–Crippen LogP) is 1.31. The van der Waals surface area contributed by atoms with Gasteiger partial charge in [0.05, 0.1) is 30.0 Å². The van der Waals surface area contributed by atoms with Crippen molar-refractivity contribution in [3.05, 3.63) is 36.4 Å². The van der Waals surface area contributed by atoms with E-state index in [9.17, 15) is 19.5 Å². The first-order chi connectivity index (χ1) is 17.3. The van der Waals surface area contributed by atoms with Crippen LogP contribution in [0.2, 0.25) is 0 Å². The van der Waals surface area contributed by atoms with E-state index in [0.717, 1.165) is 23.9 Å². The number of aliphatic hydroxyl groups excluding tert-OH is 1. The summed E-state index contributed by atoms with van der Waals surface area (Å²) >= 11 is 0. The van der Waals surface area contributed by atoms with Crippen molar-refractivity contribution in [1.29, 1.82) is 0 Å². The maximum Gasteiger partial charge on any atom is 0.244 e. The molecule has 1 aromatic heterocycles. The number of carbonyl (C=O) groups is 3. The molecule has 4 rings (SSSR count). The van der Waals surface area contributed by atoms with Crippen molar-refractivity contribution in [1.82, 2.24) is 30.5 Å². The highest BCUT2D eigenvalue weighted by molar-refractivity contribution is 5.97. The molecule has 2 heterocycles. The first kappa shape index (κ1) is 25.8. The van der Waals surface area contributed by atoms with Crippen LogP contribution in [0.15, 0.2) is 36.4 Å². The molecule has 3 N–H and O–H groups in total. The fraction of sp³-hybridized carbons (Fsp3) is 0.577. The molecule has 10 heteroatoms. The summed E-state index contributed by atoms with van der Waals surface area (Å²) < 4.78 is 1.60. The van der Waals surface area contributed by atoms with Crippen molar-refractivity contribution < 1.29 is 19.5 Å². The molecular formula is C26H36N6O4. The number of carbonyl (C=O) groups excluding carboxylic acids is 3. The van der Waals surface area contributed by atoms with E-state index in [1.54, 1.807) is 11.7 Å². The van der Waals surface area contributed by atoms with Crippen molar-refractivity contribution in [3.8, 4) is 0 Å². The van der Waals surface area contributed by atoms with Gasteiger partial charge in [0.2, 0.25) is 17.7 Å². The van der Waals surface area contributed by atoms with E-state index in [1.807, 2.05) is 57.2 Å². The summed E-state index contributed by atoms with van der Waals surface area (Å²) in [7, 11) is 1.58. The molecule has 0 unspecified atom stereocenters. The lowest BCUT2D eigenvalue weighted by Crippen LogP contribution is -2.54. The van der Waals surface area contributed by atoms with Crippen molar-refractivity contribution in [3.63, 3.8) is 0 Å². The number of para-hydroxylation sites is 1. The number of hydrogen-bond acceptors (Lipinski definition) is 6. The Morgan fingerprint density at radius 1 is 1.17 bits per heavy atom. The number of nitrogens with zero attached hydrogens (tertiary/aromatic N) is 4. The maximum absolute atomic E-state index is 13.9.